The van der Waals surface area contributed by atoms with Gasteiger partial charge in [0.05, 0.1) is 22.6 Å². The fourth-order valence-electron chi connectivity index (χ4n) is 5.89. The smallest absolute Gasteiger partial charge is 0.275 e. The van der Waals surface area contributed by atoms with E-state index in [0.717, 1.165) is 11.1 Å². The Morgan fingerprint density at radius 2 is 1.98 bits per heavy atom. The number of benzene rings is 2. The molecule has 1 amide bonds. The molecule has 0 N–H and O–H groups in total. The van der Waals surface area contributed by atoms with Crippen LogP contribution in [0.2, 0.25) is 5.02 Å². The number of hydrogen-bond donors (Lipinski definition) is 0. The second-order valence-corrected chi connectivity index (χ2v) is 11.2. The van der Waals surface area contributed by atoms with Crippen molar-refractivity contribution in [3.8, 4) is 22.9 Å². The number of anilines is 1. The third-order valence-electron chi connectivity index (χ3n) is 7.85. The van der Waals surface area contributed by atoms with E-state index in [2.05, 4.69) is 31.7 Å². The largest absolute Gasteiger partial charge is 0.363 e. The van der Waals surface area contributed by atoms with Crippen molar-refractivity contribution in [1.82, 2.24) is 14.6 Å². The Bertz CT molecular complexity index is 1780. The summed E-state index contributed by atoms with van der Waals surface area (Å²) in [6.07, 6.45) is 1.31. The third kappa shape index (κ3) is 4.70. The summed E-state index contributed by atoms with van der Waals surface area (Å²) in [5, 5.41) is 15.7. The molecule has 0 radical (unpaired) electrons. The summed E-state index contributed by atoms with van der Waals surface area (Å²) in [4.78, 5) is 30.5. The topological polar surface area (TPSA) is 95.4 Å². The van der Waals surface area contributed by atoms with Crippen molar-refractivity contribution in [2.24, 2.45) is 0 Å². The van der Waals surface area contributed by atoms with Crippen LogP contribution in [0, 0.1) is 25.2 Å². The lowest BCUT2D eigenvalue weighted by molar-refractivity contribution is -0.126. The van der Waals surface area contributed by atoms with Crippen molar-refractivity contribution in [3.63, 3.8) is 0 Å². The van der Waals surface area contributed by atoms with Crippen LogP contribution in [0.1, 0.15) is 49.3 Å². The Morgan fingerprint density at radius 3 is 2.59 bits per heavy atom. The molecule has 0 bridgehead atoms. The van der Waals surface area contributed by atoms with Gasteiger partial charge >= 0.3 is 0 Å². The fraction of sp³-hybridized carbons (Fsp3) is 0.312. The predicted molar refractivity (Wildman–Crippen MR) is 162 cm³/mol. The number of halogens is 1. The van der Waals surface area contributed by atoms with Crippen molar-refractivity contribution in [2.45, 2.75) is 46.6 Å². The summed E-state index contributed by atoms with van der Waals surface area (Å²) in [6, 6.07) is 13.5. The van der Waals surface area contributed by atoms with Gasteiger partial charge in [0.1, 0.15) is 17.4 Å². The molecule has 1 aliphatic rings. The molecule has 0 saturated carbocycles. The summed E-state index contributed by atoms with van der Waals surface area (Å²) in [5.41, 5.74) is 4.60. The van der Waals surface area contributed by atoms with Crippen LogP contribution in [-0.2, 0) is 4.79 Å². The fourth-order valence-corrected chi connectivity index (χ4v) is 6.15. The van der Waals surface area contributed by atoms with Gasteiger partial charge in [0.15, 0.2) is 0 Å². The number of nitriles is 1. The van der Waals surface area contributed by atoms with E-state index < -0.39 is 5.56 Å². The van der Waals surface area contributed by atoms with Crippen LogP contribution in [0.5, 0.6) is 0 Å². The monoisotopic (exact) mass is 569 g/mol. The number of fused-ring (bicyclic) bond motifs is 1. The van der Waals surface area contributed by atoms with E-state index in [1.165, 1.54) is 6.08 Å². The Balaban J connectivity index is 1.88. The highest BCUT2D eigenvalue weighted by atomic mass is 35.5. The zero-order valence-electron chi connectivity index (χ0n) is 23.9. The van der Waals surface area contributed by atoms with Gasteiger partial charge in [0.25, 0.3) is 5.56 Å². The molecular formula is C32H32ClN5O3. The number of aryl methyl sites for hydroxylation is 2. The van der Waals surface area contributed by atoms with E-state index in [4.69, 9.17) is 16.1 Å². The molecule has 0 spiro atoms. The Labute approximate surface area is 244 Å². The number of hydrogen-bond acceptors (Lipinski definition) is 6. The molecule has 0 aliphatic carbocycles. The minimum absolute atomic E-state index is 0.0348. The SMILES string of the molecule is C=CC(=O)N1CCN(c2c(C#N)c(=O)n(-c3ccccc3C(C)C)c3cc(-c4c(C)noc4C)c(Cl)cc23)[C@@H](C)C1. The minimum atomic E-state index is -0.410. The Hall–Kier alpha value is -4.35. The molecule has 8 nitrogen and oxygen atoms in total. The van der Waals surface area contributed by atoms with Crippen molar-refractivity contribution in [2.75, 3.05) is 24.5 Å². The number of rotatable bonds is 5. The van der Waals surface area contributed by atoms with Crippen molar-refractivity contribution in [3.05, 3.63) is 87.0 Å². The van der Waals surface area contributed by atoms with Crippen molar-refractivity contribution in [1.29, 1.82) is 5.26 Å². The van der Waals surface area contributed by atoms with Crippen molar-refractivity contribution >= 4 is 34.1 Å². The number of para-hydroxylation sites is 1. The van der Waals surface area contributed by atoms with Crippen LogP contribution in [0.25, 0.3) is 27.7 Å². The van der Waals surface area contributed by atoms with Crippen molar-refractivity contribution < 1.29 is 9.32 Å². The van der Waals surface area contributed by atoms with Crippen LogP contribution in [0.4, 0.5) is 5.69 Å². The maximum atomic E-state index is 14.4. The molecular weight excluding hydrogens is 538 g/mol. The number of pyridine rings is 1. The molecule has 3 heterocycles. The van der Waals surface area contributed by atoms with Crippen LogP contribution in [-0.4, -0.2) is 46.2 Å². The predicted octanol–water partition coefficient (Wildman–Crippen LogP) is 6.13. The molecule has 5 rings (SSSR count). The highest BCUT2D eigenvalue weighted by Crippen LogP contribution is 2.41. The number of piperazine rings is 1. The van der Waals surface area contributed by atoms with Gasteiger partial charge in [-0.1, -0.05) is 55.4 Å². The number of aromatic nitrogens is 2. The van der Waals surface area contributed by atoms with Gasteiger partial charge in [-0.15, -0.1) is 0 Å². The van der Waals surface area contributed by atoms with Gasteiger partial charge in [-0.25, -0.2) is 0 Å². The molecule has 9 heteroatoms. The number of carbonyl (C=O) groups excluding carboxylic acids is 1. The first-order valence-electron chi connectivity index (χ1n) is 13.6. The molecule has 1 fully saturated rings. The highest BCUT2D eigenvalue weighted by molar-refractivity contribution is 6.34. The molecule has 210 valence electrons. The lowest BCUT2D eigenvalue weighted by Gasteiger charge is -2.41. The molecule has 2 aromatic carbocycles. The summed E-state index contributed by atoms with van der Waals surface area (Å²) in [7, 11) is 0. The van der Waals surface area contributed by atoms with Gasteiger partial charge in [-0.2, -0.15) is 5.26 Å². The average molecular weight is 570 g/mol. The maximum Gasteiger partial charge on any atom is 0.275 e. The summed E-state index contributed by atoms with van der Waals surface area (Å²) >= 11 is 6.96. The number of amides is 1. The van der Waals surface area contributed by atoms with Gasteiger partial charge in [-0.3, -0.25) is 14.2 Å². The molecule has 4 aromatic rings. The van der Waals surface area contributed by atoms with Crippen LogP contribution in [0.15, 0.2) is 58.4 Å². The Morgan fingerprint density at radius 1 is 1.24 bits per heavy atom. The molecule has 0 unspecified atom stereocenters. The van der Waals surface area contributed by atoms with Crippen LogP contribution < -0.4 is 10.5 Å². The lowest BCUT2D eigenvalue weighted by atomic mass is 9.97. The van der Waals surface area contributed by atoms with E-state index in [1.807, 2.05) is 62.1 Å². The first kappa shape index (κ1) is 28.2. The maximum absolute atomic E-state index is 14.4. The van der Waals surface area contributed by atoms with Crippen LogP contribution >= 0.6 is 11.6 Å². The summed E-state index contributed by atoms with van der Waals surface area (Å²) in [5.74, 6) is 0.601. The normalized spacial score (nSPS) is 15.4. The van der Waals surface area contributed by atoms with E-state index >= 15 is 0 Å². The summed E-state index contributed by atoms with van der Waals surface area (Å²) in [6.45, 7) is 14.7. The zero-order chi connectivity index (χ0) is 29.6. The second kappa shape index (κ2) is 10.9. The van der Waals surface area contributed by atoms with Gasteiger partial charge in [0, 0.05) is 47.2 Å². The first-order chi connectivity index (χ1) is 19.6. The lowest BCUT2D eigenvalue weighted by Crippen LogP contribution is -2.54. The van der Waals surface area contributed by atoms with E-state index in [0.29, 0.717) is 64.0 Å². The zero-order valence-corrected chi connectivity index (χ0v) is 24.6. The molecule has 1 atom stereocenters. The molecule has 1 saturated heterocycles. The third-order valence-corrected chi connectivity index (χ3v) is 8.16. The quantitative estimate of drug-likeness (QED) is 0.268. The molecule has 2 aromatic heterocycles. The second-order valence-electron chi connectivity index (χ2n) is 10.8. The number of carbonyl (C=O) groups is 1. The van der Waals surface area contributed by atoms with Gasteiger partial charge in [0.2, 0.25) is 5.91 Å². The van der Waals surface area contributed by atoms with E-state index in [-0.39, 0.29) is 23.4 Å². The standard InChI is InChI=1S/C32H32ClN5O3/c1-7-29(39)36-12-13-37(19(4)17-36)31-24-14-26(33)23(30-20(5)35-41-21(30)6)15-28(24)38(32(40)25(31)16-34)27-11-9-8-10-22(27)18(2)3/h7-11,14-15,18-19H,1,12-13,17H2,2-6H3/t19-/m0/s1. The first-order valence-corrected chi connectivity index (χ1v) is 14.0. The van der Waals surface area contributed by atoms with E-state index in [1.54, 1.807) is 9.47 Å². The highest BCUT2D eigenvalue weighted by Gasteiger charge is 2.32. The average Bonchev–Trinajstić information content (AvgIpc) is 3.29. The number of nitrogens with zero attached hydrogens (tertiary/aromatic N) is 5. The van der Waals surface area contributed by atoms with Gasteiger partial charge < -0.3 is 14.3 Å². The van der Waals surface area contributed by atoms with Gasteiger partial charge in [-0.05, 0) is 56.5 Å². The molecule has 41 heavy (non-hydrogen) atoms. The summed E-state index contributed by atoms with van der Waals surface area (Å²) < 4.78 is 7.08. The molecule has 1 aliphatic heterocycles. The van der Waals surface area contributed by atoms with E-state index in [9.17, 15) is 14.9 Å². The Kier molecular flexibility index (Phi) is 7.50. The van der Waals surface area contributed by atoms with Crippen LogP contribution in [0.3, 0.4) is 0 Å². The minimum Gasteiger partial charge on any atom is -0.363 e.